The lowest BCUT2D eigenvalue weighted by Crippen LogP contribution is -2.22. The van der Waals surface area contributed by atoms with Crippen LogP contribution in [0.25, 0.3) is 0 Å². The second-order valence-electron chi connectivity index (χ2n) is 4.54. The van der Waals surface area contributed by atoms with Crippen molar-refractivity contribution in [2.45, 2.75) is 26.4 Å². The van der Waals surface area contributed by atoms with Crippen LogP contribution in [0, 0.1) is 18.3 Å². The Labute approximate surface area is 112 Å². The topological polar surface area (TPSA) is 66.0 Å². The second kappa shape index (κ2) is 5.63. The van der Waals surface area contributed by atoms with E-state index in [-0.39, 0.29) is 6.04 Å². The van der Waals surface area contributed by atoms with Crippen LogP contribution in [0.4, 0.5) is 0 Å². The van der Waals surface area contributed by atoms with Crippen LogP contribution in [0.2, 0.25) is 0 Å². The molecule has 1 aromatic heterocycles. The average Bonchev–Trinajstić information content (AvgIpc) is 2.83. The molecule has 0 spiro atoms. The van der Waals surface area contributed by atoms with Crippen LogP contribution in [0.5, 0.6) is 0 Å². The van der Waals surface area contributed by atoms with Crippen LogP contribution in [0.3, 0.4) is 0 Å². The van der Waals surface area contributed by atoms with E-state index in [1.54, 1.807) is 13.0 Å². The molecular weight excluding hydrogens is 240 g/mol. The molecular formula is C14H16N4O. The summed E-state index contributed by atoms with van der Waals surface area (Å²) in [6.07, 6.45) is 0. The predicted octanol–water partition coefficient (Wildman–Crippen LogP) is 2.44. The lowest BCUT2D eigenvalue weighted by molar-refractivity contribution is 0.226. The fourth-order valence-electron chi connectivity index (χ4n) is 1.87. The first-order valence-corrected chi connectivity index (χ1v) is 6.09. The molecule has 1 unspecified atom stereocenters. The van der Waals surface area contributed by atoms with Gasteiger partial charge in [0, 0.05) is 13.0 Å². The van der Waals surface area contributed by atoms with E-state index in [1.807, 2.05) is 25.2 Å². The molecule has 0 aliphatic heterocycles. The van der Waals surface area contributed by atoms with Gasteiger partial charge in [-0.15, -0.1) is 10.2 Å². The quantitative estimate of drug-likeness (QED) is 0.840. The zero-order valence-electron chi connectivity index (χ0n) is 11.3. The lowest BCUT2D eigenvalue weighted by Gasteiger charge is -2.23. The maximum atomic E-state index is 8.92. The fourth-order valence-corrected chi connectivity index (χ4v) is 1.87. The zero-order chi connectivity index (χ0) is 13.8. The number of aryl methyl sites for hydroxylation is 1. The minimum absolute atomic E-state index is 0.167. The molecule has 98 valence electrons. The van der Waals surface area contributed by atoms with Crippen LogP contribution < -0.4 is 0 Å². The highest BCUT2D eigenvalue weighted by Crippen LogP contribution is 2.21. The number of rotatable bonds is 4. The summed E-state index contributed by atoms with van der Waals surface area (Å²) in [5.74, 6) is 1.17. The number of hydrogen-bond acceptors (Lipinski definition) is 5. The van der Waals surface area contributed by atoms with Crippen molar-refractivity contribution in [2.75, 3.05) is 7.05 Å². The number of benzene rings is 1. The summed E-state index contributed by atoms with van der Waals surface area (Å²) in [4.78, 5) is 2.10. The monoisotopic (exact) mass is 256 g/mol. The molecule has 0 fully saturated rings. The molecule has 1 atom stereocenters. The highest BCUT2D eigenvalue weighted by molar-refractivity contribution is 5.34. The van der Waals surface area contributed by atoms with Gasteiger partial charge in [0.1, 0.15) is 0 Å². The Bertz CT molecular complexity index is 599. The van der Waals surface area contributed by atoms with Gasteiger partial charge >= 0.3 is 0 Å². The highest BCUT2D eigenvalue weighted by Gasteiger charge is 2.15. The fraction of sp³-hybridized carbons (Fsp3) is 0.357. The van der Waals surface area contributed by atoms with E-state index in [2.05, 4.69) is 28.1 Å². The Balaban J connectivity index is 2.10. The number of nitrogens with zero attached hydrogens (tertiary/aromatic N) is 4. The van der Waals surface area contributed by atoms with Crippen LogP contribution >= 0.6 is 0 Å². The SMILES string of the molecule is Cc1nnc(CN(C)C(C)c2cccc(C#N)c2)o1. The first-order chi connectivity index (χ1) is 9.10. The van der Waals surface area contributed by atoms with Gasteiger partial charge in [0.05, 0.1) is 18.2 Å². The summed E-state index contributed by atoms with van der Waals surface area (Å²) in [5.41, 5.74) is 1.77. The third-order valence-corrected chi connectivity index (χ3v) is 3.11. The maximum absolute atomic E-state index is 8.92. The van der Waals surface area contributed by atoms with Crippen molar-refractivity contribution < 1.29 is 4.42 Å². The highest BCUT2D eigenvalue weighted by atomic mass is 16.4. The minimum atomic E-state index is 0.167. The summed E-state index contributed by atoms with van der Waals surface area (Å²) in [5, 5.41) is 16.7. The third-order valence-electron chi connectivity index (χ3n) is 3.11. The summed E-state index contributed by atoms with van der Waals surface area (Å²) >= 11 is 0. The predicted molar refractivity (Wildman–Crippen MR) is 70.1 cm³/mol. The molecule has 0 amide bonds. The van der Waals surface area contributed by atoms with Crippen LogP contribution in [-0.2, 0) is 6.54 Å². The van der Waals surface area contributed by atoms with E-state index < -0.39 is 0 Å². The molecule has 2 rings (SSSR count). The molecule has 0 radical (unpaired) electrons. The Hall–Kier alpha value is -2.19. The summed E-state index contributed by atoms with van der Waals surface area (Å²) in [6.45, 7) is 4.44. The van der Waals surface area contributed by atoms with Crippen LogP contribution in [0.15, 0.2) is 28.7 Å². The largest absolute Gasteiger partial charge is 0.424 e. The molecule has 5 heteroatoms. The lowest BCUT2D eigenvalue weighted by atomic mass is 10.0. The van der Waals surface area contributed by atoms with Crippen molar-refractivity contribution in [1.29, 1.82) is 5.26 Å². The molecule has 0 aliphatic rings. The number of aromatic nitrogens is 2. The van der Waals surface area contributed by atoms with Crippen molar-refractivity contribution in [3.63, 3.8) is 0 Å². The maximum Gasteiger partial charge on any atom is 0.230 e. The van der Waals surface area contributed by atoms with E-state index in [0.717, 1.165) is 5.56 Å². The van der Waals surface area contributed by atoms with Crippen LogP contribution in [0.1, 0.15) is 35.9 Å². The molecule has 2 aromatic rings. The normalized spacial score (nSPS) is 12.4. The van der Waals surface area contributed by atoms with Crippen molar-refractivity contribution >= 4 is 0 Å². The molecule has 0 saturated carbocycles. The Morgan fingerprint density at radius 3 is 2.84 bits per heavy atom. The molecule has 1 heterocycles. The van der Waals surface area contributed by atoms with Gasteiger partial charge in [0.15, 0.2) is 0 Å². The Morgan fingerprint density at radius 1 is 1.42 bits per heavy atom. The molecule has 1 aromatic carbocycles. The van der Waals surface area contributed by atoms with Crippen molar-refractivity contribution in [1.82, 2.24) is 15.1 Å². The van der Waals surface area contributed by atoms with E-state index in [0.29, 0.717) is 23.9 Å². The van der Waals surface area contributed by atoms with Gasteiger partial charge in [-0.2, -0.15) is 5.26 Å². The molecule has 0 N–H and O–H groups in total. The molecule has 0 bridgehead atoms. The Kier molecular flexibility index (Phi) is 3.93. The van der Waals surface area contributed by atoms with Crippen molar-refractivity contribution in [3.8, 4) is 6.07 Å². The molecule has 5 nitrogen and oxygen atoms in total. The van der Waals surface area contributed by atoms with Gasteiger partial charge in [0.25, 0.3) is 0 Å². The smallest absolute Gasteiger partial charge is 0.230 e. The van der Waals surface area contributed by atoms with Crippen molar-refractivity contribution in [3.05, 3.63) is 47.2 Å². The first kappa shape index (κ1) is 13.2. The Morgan fingerprint density at radius 2 is 2.21 bits per heavy atom. The van der Waals surface area contributed by atoms with Gasteiger partial charge in [-0.05, 0) is 31.7 Å². The first-order valence-electron chi connectivity index (χ1n) is 6.09. The molecule has 0 saturated heterocycles. The summed E-state index contributed by atoms with van der Waals surface area (Å²) < 4.78 is 5.37. The molecule has 0 aliphatic carbocycles. The van der Waals surface area contributed by atoms with E-state index >= 15 is 0 Å². The van der Waals surface area contributed by atoms with Gasteiger partial charge in [-0.25, -0.2) is 0 Å². The summed E-state index contributed by atoms with van der Waals surface area (Å²) in [7, 11) is 1.99. The van der Waals surface area contributed by atoms with Gasteiger partial charge in [-0.3, -0.25) is 4.90 Å². The summed E-state index contributed by atoms with van der Waals surface area (Å²) in [6, 6.07) is 9.94. The number of nitriles is 1. The van der Waals surface area contributed by atoms with Gasteiger partial charge < -0.3 is 4.42 Å². The minimum Gasteiger partial charge on any atom is -0.424 e. The van der Waals surface area contributed by atoms with E-state index in [9.17, 15) is 0 Å². The zero-order valence-corrected chi connectivity index (χ0v) is 11.3. The standard InChI is InChI=1S/C14H16N4O/c1-10(13-6-4-5-12(7-13)8-15)18(3)9-14-17-16-11(2)19-14/h4-7,10H,9H2,1-3H3. The molecule has 19 heavy (non-hydrogen) atoms. The van der Waals surface area contributed by atoms with Crippen molar-refractivity contribution in [2.24, 2.45) is 0 Å². The van der Waals surface area contributed by atoms with E-state index in [4.69, 9.17) is 9.68 Å². The third kappa shape index (κ3) is 3.18. The second-order valence-corrected chi connectivity index (χ2v) is 4.54. The van der Waals surface area contributed by atoms with Gasteiger partial charge in [-0.1, -0.05) is 12.1 Å². The van der Waals surface area contributed by atoms with E-state index in [1.165, 1.54) is 0 Å². The van der Waals surface area contributed by atoms with Crippen LogP contribution in [-0.4, -0.2) is 22.1 Å². The van der Waals surface area contributed by atoms with Gasteiger partial charge in [0.2, 0.25) is 11.8 Å². The number of hydrogen-bond donors (Lipinski definition) is 0. The average molecular weight is 256 g/mol.